The summed E-state index contributed by atoms with van der Waals surface area (Å²) in [6.45, 7) is 6.40. The van der Waals surface area contributed by atoms with Crippen molar-refractivity contribution in [3.8, 4) is 0 Å². The molecule has 0 aromatic carbocycles. The molecule has 1 unspecified atom stereocenters. The van der Waals surface area contributed by atoms with E-state index in [9.17, 15) is 19.7 Å². The number of esters is 1. The van der Waals surface area contributed by atoms with Crippen LogP contribution in [0.5, 0.6) is 0 Å². The highest BCUT2D eigenvalue weighted by molar-refractivity contribution is 5.81. The minimum Gasteiger partial charge on any atom is -0.464 e. The van der Waals surface area contributed by atoms with E-state index in [1.54, 1.807) is 27.7 Å². The highest BCUT2D eigenvalue weighted by Gasteiger charge is 2.25. The molecule has 1 amide bonds. The summed E-state index contributed by atoms with van der Waals surface area (Å²) in [5.41, 5.74) is -0.722. The number of hydrogen-bond donors (Lipinski definition) is 1. The zero-order valence-corrected chi connectivity index (χ0v) is 12.0. The van der Waals surface area contributed by atoms with E-state index >= 15 is 0 Å². The average Bonchev–Trinajstić information content (AvgIpc) is 2.24. The van der Waals surface area contributed by atoms with Crippen molar-refractivity contribution < 1.29 is 29.0 Å². The summed E-state index contributed by atoms with van der Waals surface area (Å²) in [6.07, 6.45) is -0.907. The van der Waals surface area contributed by atoms with Crippen LogP contribution in [-0.2, 0) is 19.1 Å². The fraction of sp³-hybridized carbons (Fsp3) is 0.818. The van der Waals surface area contributed by atoms with Gasteiger partial charge in [-0.1, -0.05) is 0 Å². The summed E-state index contributed by atoms with van der Waals surface area (Å²) in [6, 6.07) is -1.07. The van der Waals surface area contributed by atoms with Gasteiger partial charge < -0.3 is 19.6 Å². The number of nitrogens with zero attached hydrogens (tertiary/aromatic N) is 1. The van der Waals surface area contributed by atoms with Crippen molar-refractivity contribution in [3.05, 3.63) is 10.1 Å². The lowest BCUT2D eigenvalue weighted by Crippen LogP contribution is -2.45. The highest BCUT2D eigenvalue weighted by atomic mass is 16.9. The number of hydrogen-bond acceptors (Lipinski definition) is 7. The van der Waals surface area contributed by atoms with Crippen molar-refractivity contribution in [1.29, 1.82) is 0 Å². The molecule has 0 heterocycles. The van der Waals surface area contributed by atoms with E-state index < -0.39 is 28.8 Å². The summed E-state index contributed by atoms with van der Waals surface area (Å²) < 4.78 is 9.75. The van der Waals surface area contributed by atoms with Crippen molar-refractivity contribution in [2.45, 2.75) is 45.8 Å². The molecule has 0 saturated carbocycles. The molecule has 0 aromatic rings. The van der Waals surface area contributed by atoms with Crippen LogP contribution in [0.25, 0.3) is 0 Å². The van der Waals surface area contributed by atoms with Gasteiger partial charge in [-0.25, -0.2) is 9.59 Å². The van der Waals surface area contributed by atoms with Crippen molar-refractivity contribution >= 4 is 12.1 Å². The predicted molar refractivity (Wildman–Crippen MR) is 67.4 cm³/mol. The third-order valence-electron chi connectivity index (χ3n) is 1.87. The largest absolute Gasteiger partial charge is 0.464 e. The zero-order valence-electron chi connectivity index (χ0n) is 12.0. The number of carbonyl (C=O) groups is 2. The predicted octanol–water partition coefficient (Wildman–Crippen LogP) is 1.04. The molecule has 1 N–H and O–H groups in total. The minimum absolute atomic E-state index is 0.0982. The number of amides is 1. The molecule has 0 aliphatic carbocycles. The van der Waals surface area contributed by atoms with Gasteiger partial charge in [0, 0.05) is 6.42 Å². The SMILES string of the molecule is CCOC(=O)C(CCO[N+](=O)[O-])NC(=O)OC(C)(C)C. The van der Waals surface area contributed by atoms with Gasteiger partial charge in [-0.3, -0.25) is 0 Å². The van der Waals surface area contributed by atoms with Gasteiger partial charge in [0.15, 0.2) is 0 Å². The van der Waals surface area contributed by atoms with Gasteiger partial charge >= 0.3 is 12.1 Å². The summed E-state index contributed by atoms with van der Waals surface area (Å²) in [7, 11) is 0. The van der Waals surface area contributed by atoms with E-state index in [-0.39, 0.29) is 19.6 Å². The van der Waals surface area contributed by atoms with E-state index in [0.717, 1.165) is 0 Å². The van der Waals surface area contributed by atoms with E-state index in [4.69, 9.17) is 9.47 Å². The minimum atomic E-state index is -1.07. The molecule has 116 valence electrons. The highest BCUT2D eigenvalue weighted by Crippen LogP contribution is 2.07. The van der Waals surface area contributed by atoms with Crippen LogP contribution in [0.1, 0.15) is 34.1 Å². The Morgan fingerprint density at radius 3 is 2.40 bits per heavy atom. The van der Waals surface area contributed by atoms with E-state index in [1.165, 1.54) is 0 Å². The fourth-order valence-corrected chi connectivity index (χ4v) is 1.19. The number of alkyl carbamates (subject to hydrolysis) is 1. The van der Waals surface area contributed by atoms with Crippen molar-refractivity contribution in [1.82, 2.24) is 5.32 Å². The monoisotopic (exact) mass is 292 g/mol. The lowest BCUT2D eigenvalue weighted by atomic mass is 10.2. The Balaban J connectivity index is 4.48. The Hall–Kier alpha value is -2.06. The van der Waals surface area contributed by atoms with Gasteiger partial charge in [0.1, 0.15) is 11.6 Å². The maximum Gasteiger partial charge on any atom is 0.408 e. The molecule has 0 saturated heterocycles. The summed E-state index contributed by atoms with van der Waals surface area (Å²) in [5.74, 6) is -0.703. The van der Waals surface area contributed by atoms with Crippen LogP contribution >= 0.6 is 0 Å². The van der Waals surface area contributed by atoms with Crippen LogP contribution in [0.4, 0.5) is 4.79 Å². The summed E-state index contributed by atoms with van der Waals surface area (Å²) >= 11 is 0. The molecular weight excluding hydrogens is 272 g/mol. The second kappa shape index (κ2) is 8.18. The standard InChI is InChI=1S/C11H20N2O7/c1-5-18-9(14)8(6-7-19-13(16)17)12-10(15)20-11(2,3)4/h8H,5-7H2,1-4H3,(H,12,15). The van der Waals surface area contributed by atoms with Crippen LogP contribution in [0.2, 0.25) is 0 Å². The Kier molecular flexibility index (Phi) is 7.34. The molecule has 1 atom stereocenters. The van der Waals surface area contributed by atoms with Crippen molar-refractivity contribution in [3.63, 3.8) is 0 Å². The molecular formula is C11H20N2O7. The first-order valence-corrected chi connectivity index (χ1v) is 6.09. The molecule has 0 radical (unpaired) electrons. The fourth-order valence-electron chi connectivity index (χ4n) is 1.19. The Morgan fingerprint density at radius 1 is 1.35 bits per heavy atom. The molecule has 0 aliphatic heterocycles. The van der Waals surface area contributed by atoms with E-state index in [0.29, 0.717) is 0 Å². The summed E-state index contributed by atoms with van der Waals surface area (Å²) in [4.78, 5) is 37.3. The smallest absolute Gasteiger partial charge is 0.408 e. The molecule has 0 spiro atoms. The molecule has 0 aromatic heterocycles. The Bertz CT molecular complexity index is 351. The molecule has 0 fully saturated rings. The number of rotatable bonds is 7. The third-order valence-corrected chi connectivity index (χ3v) is 1.87. The number of carbonyl (C=O) groups excluding carboxylic acids is 2. The Morgan fingerprint density at radius 2 is 1.95 bits per heavy atom. The Labute approximate surface area is 116 Å². The van der Waals surface area contributed by atoms with Crippen molar-refractivity contribution in [2.24, 2.45) is 0 Å². The van der Waals surface area contributed by atoms with Gasteiger partial charge in [0.25, 0.3) is 5.09 Å². The molecule has 0 rings (SSSR count). The van der Waals surface area contributed by atoms with Crippen LogP contribution in [-0.4, -0.2) is 42.0 Å². The molecule has 0 aliphatic rings. The topological polar surface area (TPSA) is 117 Å². The average molecular weight is 292 g/mol. The lowest BCUT2D eigenvalue weighted by molar-refractivity contribution is -0.757. The van der Waals surface area contributed by atoms with Crippen LogP contribution in [0.15, 0.2) is 0 Å². The zero-order chi connectivity index (χ0) is 15.8. The van der Waals surface area contributed by atoms with Gasteiger partial charge in [-0.05, 0) is 27.7 Å². The van der Waals surface area contributed by atoms with Gasteiger partial charge in [-0.15, -0.1) is 10.1 Å². The maximum absolute atomic E-state index is 11.6. The second-order valence-corrected chi connectivity index (χ2v) is 4.80. The lowest BCUT2D eigenvalue weighted by Gasteiger charge is -2.22. The van der Waals surface area contributed by atoms with Gasteiger partial charge in [0.05, 0.1) is 13.2 Å². The molecule has 20 heavy (non-hydrogen) atoms. The molecule has 9 nitrogen and oxygen atoms in total. The van der Waals surface area contributed by atoms with E-state index in [2.05, 4.69) is 10.2 Å². The summed E-state index contributed by atoms with van der Waals surface area (Å²) in [5, 5.41) is 11.4. The first-order chi connectivity index (χ1) is 9.15. The first kappa shape index (κ1) is 17.9. The number of ether oxygens (including phenoxy) is 2. The van der Waals surface area contributed by atoms with Crippen LogP contribution < -0.4 is 5.32 Å². The number of nitrogens with one attached hydrogen (secondary N) is 1. The van der Waals surface area contributed by atoms with Crippen LogP contribution in [0, 0.1) is 10.1 Å². The quantitative estimate of drug-likeness (QED) is 0.423. The second-order valence-electron chi connectivity index (χ2n) is 4.80. The molecule has 9 heteroatoms. The third kappa shape index (κ3) is 8.95. The van der Waals surface area contributed by atoms with E-state index in [1.807, 2.05) is 0 Å². The normalized spacial score (nSPS) is 12.2. The van der Waals surface area contributed by atoms with Crippen LogP contribution in [0.3, 0.4) is 0 Å². The maximum atomic E-state index is 11.6. The molecule has 0 bridgehead atoms. The van der Waals surface area contributed by atoms with Crippen molar-refractivity contribution in [2.75, 3.05) is 13.2 Å². The van der Waals surface area contributed by atoms with Gasteiger partial charge in [-0.2, -0.15) is 0 Å². The van der Waals surface area contributed by atoms with Gasteiger partial charge in [0.2, 0.25) is 0 Å². The first-order valence-electron chi connectivity index (χ1n) is 6.09.